The number of carbonyl (C=O) groups is 2. The first-order chi connectivity index (χ1) is 17.8. The van der Waals surface area contributed by atoms with Gasteiger partial charge in [0.25, 0.3) is 0 Å². The molecule has 0 radical (unpaired) electrons. The van der Waals surface area contributed by atoms with Gasteiger partial charge in [-0.25, -0.2) is 14.4 Å². The second kappa shape index (κ2) is 8.52. The monoisotopic (exact) mass is 516 g/mol. The smallest absolute Gasteiger partial charge is 0.335 e. The second-order valence-corrected chi connectivity index (χ2v) is 10.2. The predicted molar refractivity (Wildman–Crippen MR) is 141 cm³/mol. The average molecular weight is 517 g/mol. The van der Waals surface area contributed by atoms with Crippen molar-refractivity contribution in [2.75, 3.05) is 20.1 Å². The number of nitrogens with zero attached hydrogens (tertiary/aromatic N) is 4. The molecule has 188 valence electrons. The number of halogens is 1. The molecule has 1 aliphatic carbocycles. The molecule has 1 saturated heterocycles. The van der Waals surface area contributed by atoms with Crippen LogP contribution in [0.4, 0.5) is 4.79 Å². The highest BCUT2D eigenvalue weighted by atomic mass is 35.5. The van der Waals surface area contributed by atoms with E-state index in [1.165, 1.54) is 0 Å². The minimum Gasteiger partial charge on any atom is -0.478 e. The average Bonchev–Trinajstić information content (AvgIpc) is 3.56. The van der Waals surface area contributed by atoms with Crippen LogP contribution in [0.3, 0.4) is 0 Å². The molecule has 8 nitrogen and oxygen atoms in total. The molecule has 1 aliphatic heterocycles. The van der Waals surface area contributed by atoms with Crippen LogP contribution < -0.4 is 5.69 Å². The number of fused-ring (bicyclic) bond motifs is 1. The van der Waals surface area contributed by atoms with Gasteiger partial charge >= 0.3 is 17.7 Å². The van der Waals surface area contributed by atoms with Gasteiger partial charge in [-0.05, 0) is 66.4 Å². The third kappa shape index (κ3) is 3.79. The summed E-state index contributed by atoms with van der Waals surface area (Å²) in [7, 11) is 1.79. The van der Waals surface area contributed by atoms with Crippen molar-refractivity contribution in [3.05, 3.63) is 98.9 Å². The zero-order valence-electron chi connectivity index (χ0n) is 20.2. The third-order valence-corrected chi connectivity index (χ3v) is 7.71. The topological polar surface area (TPSA) is 87.8 Å². The molecule has 0 atom stereocenters. The van der Waals surface area contributed by atoms with Crippen LogP contribution in [0.1, 0.15) is 34.3 Å². The van der Waals surface area contributed by atoms with Gasteiger partial charge in [-0.1, -0.05) is 35.9 Å². The van der Waals surface area contributed by atoms with Crippen molar-refractivity contribution in [3.8, 4) is 5.69 Å². The maximum atomic E-state index is 14.0. The van der Waals surface area contributed by atoms with Gasteiger partial charge in [0.05, 0.1) is 27.8 Å². The molecule has 0 unspecified atom stereocenters. The molecular formula is C28H25ClN4O4. The Balaban J connectivity index is 1.44. The highest BCUT2D eigenvalue weighted by molar-refractivity contribution is 6.31. The number of amides is 2. The van der Waals surface area contributed by atoms with Crippen molar-refractivity contribution < 1.29 is 14.7 Å². The van der Waals surface area contributed by atoms with Crippen LogP contribution in [0.5, 0.6) is 0 Å². The number of carboxylic acids is 1. The fourth-order valence-corrected chi connectivity index (χ4v) is 5.52. The van der Waals surface area contributed by atoms with Crippen molar-refractivity contribution in [3.63, 3.8) is 0 Å². The van der Waals surface area contributed by atoms with E-state index in [0.29, 0.717) is 35.9 Å². The molecule has 4 aromatic rings. The van der Waals surface area contributed by atoms with Crippen LogP contribution in [0, 0.1) is 0 Å². The summed E-state index contributed by atoms with van der Waals surface area (Å²) >= 11 is 6.36. The third-order valence-electron chi connectivity index (χ3n) is 7.47. The Morgan fingerprint density at radius 3 is 2.38 bits per heavy atom. The van der Waals surface area contributed by atoms with Crippen LogP contribution in [0.2, 0.25) is 5.02 Å². The molecule has 2 fully saturated rings. The Bertz CT molecular complexity index is 1620. The zero-order valence-corrected chi connectivity index (χ0v) is 21.0. The number of hydrogen-bond acceptors (Lipinski definition) is 3. The molecule has 1 N–H and O–H groups in total. The van der Waals surface area contributed by atoms with E-state index in [9.17, 15) is 19.5 Å². The summed E-state index contributed by atoms with van der Waals surface area (Å²) < 4.78 is 3.44. The van der Waals surface area contributed by atoms with Gasteiger partial charge in [-0.15, -0.1) is 0 Å². The summed E-state index contributed by atoms with van der Waals surface area (Å²) in [6.07, 6.45) is 1.46. The minimum atomic E-state index is -0.999. The summed E-state index contributed by atoms with van der Waals surface area (Å²) in [5.41, 5.74) is 3.28. The number of hydrogen-bond donors (Lipinski definition) is 1. The molecule has 3 aromatic carbocycles. The molecule has 2 amide bonds. The summed E-state index contributed by atoms with van der Waals surface area (Å²) in [5.74, 6) is -0.999. The van der Waals surface area contributed by atoms with E-state index in [1.807, 2.05) is 36.4 Å². The van der Waals surface area contributed by atoms with Crippen molar-refractivity contribution in [1.29, 1.82) is 0 Å². The van der Waals surface area contributed by atoms with E-state index in [4.69, 9.17) is 11.6 Å². The number of benzene rings is 3. The molecule has 2 heterocycles. The van der Waals surface area contributed by atoms with E-state index in [0.717, 1.165) is 29.5 Å². The van der Waals surface area contributed by atoms with Crippen molar-refractivity contribution in [1.82, 2.24) is 18.9 Å². The quantitative estimate of drug-likeness (QED) is 0.407. The SMILES string of the molecule is CN1CCN(Cc2ccc(-n3c(=O)n(C4(c5cccc(C(=O)O)c5)CC4)c4ccc(Cl)cc43)cc2)C1=O. The summed E-state index contributed by atoms with van der Waals surface area (Å²) in [6.45, 7) is 1.91. The number of aromatic carboxylic acids is 1. The fraction of sp³-hybridized carbons (Fsp3) is 0.250. The number of carbonyl (C=O) groups excluding carboxylic acids is 1. The van der Waals surface area contributed by atoms with E-state index in [1.54, 1.807) is 56.3 Å². The first kappa shape index (κ1) is 23.4. The fourth-order valence-electron chi connectivity index (χ4n) is 5.36. The van der Waals surface area contributed by atoms with Crippen LogP contribution in [0.15, 0.2) is 71.5 Å². The number of imidazole rings is 1. The molecule has 0 bridgehead atoms. The second-order valence-electron chi connectivity index (χ2n) is 9.80. The van der Waals surface area contributed by atoms with Crippen LogP contribution in [0.25, 0.3) is 16.7 Å². The largest absolute Gasteiger partial charge is 0.478 e. The van der Waals surface area contributed by atoms with Gasteiger partial charge in [0.2, 0.25) is 0 Å². The highest BCUT2D eigenvalue weighted by Crippen LogP contribution is 2.50. The van der Waals surface area contributed by atoms with E-state index in [2.05, 4.69) is 0 Å². The first-order valence-corrected chi connectivity index (χ1v) is 12.5. The Kier molecular flexibility index (Phi) is 5.38. The summed E-state index contributed by atoms with van der Waals surface area (Å²) in [6, 6.07) is 19.9. The molecule has 1 saturated carbocycles. The van der Waals surface area contributed by atoms with Gasteiger partial charge in [-0.2, -0.15) is 0 Å². The lowest BCUT2D eigenvalue weighted by Gasteiger charge is -2.18. The molecule has 37 heavy (non-hydrogen) atoms. The lowest BCUT2D eigenvalue weighted by atomic mass is 10.0. The number of carboxylic acid groups (broad SMARTS) is 1. The van der Waals surface area contributed by atoms with Gasteiger partial charge in [0, 0.05) is 31.7 Å². The standard InChI is InChI=1S/C28H25ClN4O4/c1-30-13-14-31(26(30)36)17-18-5-8-22(9-6-18)32-24-16-21(29)7-10-23(24)33(27(32)37)28(11-12-28)20-4-2-3-19(15-20)25(34)35/h2-10,15-16H,11-14,17H2,1H3,(H,34,35). The van der Waals surface area contributed by atoms with Crippen molar-refractivity contribution in [2.24, 2.45) is 0 Å². The van der Waals surface area contributed by atoms with E-state index in [-0.39, 0.29) is 17.3 Å². The van der Waals surface area contributed by atoms with Crippen LogP contribution in [-0.4, -0.2) is 56.2 Å². The van der Waals surface area contributed by atoms with Crippen LogP contribution in [-0.2, 0) is 12.1 Å². The maximum absolute atomic E-state index is 14.0. The first-order valence-electron chi connectivity index (χ1n) is 12.2. The normalized spacial score (nSPS) is 16.5. The minimum absolute atomic E-state index is 0.0136. The Morgan fingerprint density at radius 2 is 1.73 bits per heavy atom. The molecule has 9 heteroatoms. The summed E-state index contributed by atoms with van der Waals surface area (Å²) in [5, 5.41) is 10.0. The van der Waals surface area contributed by atoms with Gasteiger partial charge in [0.1, 0.15) is 0 Å². The van der Waals surface area contributed by atoms with Gasteiger partial charge < -0.3 is 14.9 Å². The lowest BCUT2D eigenvalue weighted by molar-refractivity contribution is 0.0696. The zero-order chi connectivity index (χ0) is 25.9. The van der Waals surface area contributed by atoms with Gasteiger partial charge in [-0.3, -0.25) is 9.13 Å². The maximum Gasteiger partial charge on any atom is 0.335 e. The predicted octanol–water partition coefficient (Wildman–Crippen LogP) is 4.55. The van der Waals surface area contributed by atoms with Crippen molar-refractivity contribution in [2.45, 2.75) is 24.9 Å². The lowest BCUT2D eigenvalue weighted by Crippen LogP contribution is -2.32. The van der Waals surface area contributed by atoms with E-state index >= 15 is 0 Å². The molecule has 6 rings (SSSR count). The van der Waals surface area contributed by atoms with E-state index < -0.39 is 11.5 Å². The number of aromatic nitrogens is 2. The number of urea groups is 1. The molecular weight excluding hydrogens is 492 g/mol. The number of likely N-dealkylation sites (N-methyl/N-ethyl adjacent to an activating group) is 1. The number of rotatable bonds is 6. The Labute approximate surface area is 217 Å². The molecule has 1 aromatic heterocycles. The molecule has 0 spiro atoms. The highest BCUT2D eigenvalue weighted by Gasteiger charge is 2.49. The van der Waals surface area contributed by atoms with Crippen LogP contribution >= 0.6 is 11.6 Å². The van der Waals surface area contributed by atoms with Crippen molar-refractivity contribution >= 4 is 34.6 Å². The Morgan fingerprint density at radius 1 is 0.973 bits per heavy atom. The Hall–Kier alpha value is -4.04. The van der Waals surface area contributed by atoms with Gasteiger partial charge in [0.15, 0.2) is 0 Å². The molecule has 2 aliphatic rings. The summed E-state index contributed by atoms with van der Waals surface area (Å²) in [4.78, 5) is 41.4.